The number of alkyl carbamates (subject to hydrolysis) is 2. The number of aliphatic hydroxyl groups excluding tert-OH is 2. The Kier molecular flexibility index (Phi) is 11.9. The second kappa shape index (κ2) is 14.5. The zero-order valence-corrected chi connectivity index (χ0v) is 24.5. The molecule has 0 bridgehead atoms. The smallest absolute Gasteiger partial charge is 0.408 e. The number of amides is 2. The Hall–Kier alpha value is -3.43. The number of nitrogens with zero attached hydrogens (tertiary/aromatic N) is 2. The van der Waals surface area contributed by atoms with Gasteiger partial charge in [-0.1, -0.05) is 0 Å². The molecule has 1 aliphatic rings. The Morgan fingerprint density at radius 3 is 2.37 bits per heavy atom. The molecule has 15 nitrogen and oxygen atoms in total. The molecule has 2 unspecified atom stereocenters. The minimum Gasteiger partial charge on any atom is -0.459 e. The van der Waals surface area contributed by atoms with Gasteiger partial charge < -0.3 is 45.5 Å². The highest BCUT2D eigenvalue weighted by molar-refractivity contribution is 5.81. The van der Waals surface area contributed by atoms with Crippen LogP contribution >= 0.6 is 0 Å². The lowest BCUT2D eigenvalue weighted by Gasteiger charge is -2.23. The molecule has 232 valence electrons. The molecular weight excluding hydrogens is 542 g/mol. The summed E-state index contributed by atoms with van der Waals surface area (Å²) in [5.74, 6) is -0.942. The summed E-state index contributed by atoms with van der Waals surface area (Å²) in [5, 5.41) is 24.5. The lowest BCUT2D eigenvalue weighted by atomic mass is 10.1. The molecule has 6 N–H and O–H groups in total. The topological polar surface area (TPSA) is 214 Å². The molecule has 2 amide bonds. The van der Waals surface area contributed by atoms with Crippen molar-refractivity contribution >= 4 is 24.0 Å². The van der Waals surface area contributed by atoms with Crippen LogP contribution in [0.2, 0.25) is 0 Å². The van der Waals surface area contributed by atoms with Crippen molar-refractivity contribution < 1.29 is 43.5 Å². The van der Waals surface area contributed by atoms with Gasteiger partial charge in [-0.05, 0) is 60.8 Å². The maximum absolute atomic E-state index is 13.0. The minimum absolute atomic E-state index is 0.0423. The fraction of sp³-hybridized carbons (Fsp3) is 0.731. The molecule has 2 heterocycles. The molecule has 15 heteroatoms. The van der Waals surface area contributed by atoms with Crippen LogP contribution in [0.1, 0.15) is 79.0 Å². The fourth-order valence-corrected chi connectivity index (χ4v) is 3.82. The quantitative estimate of drug-likeness (QED) is 0.140. The minimum atomic E-state index is -1.08. The number of unbranched alkanes of at least 4 members (excludes halogenated alkanes) is 1. The highest BCUT2D eigenvalue weighted by Crippen LogP contribution is 2.28. The van der Waals surface area contributed by atoms with E-state index in [0.717, 1.165) is 4.57 Å². The van der Waals surface area contributed by atoms with Gasteiger partial charge in [-0.3, -0.25) is 4.57 Å². The number of hydrogen-bond acceptors (Lipinski definition) is 12. The zero-order chi connectivity index (χ0) is 31.0. The highest BCUT2D eigenvalue weighted by Gasteiger charge is 2.35. The number of esters is 1. The van der Waals surface area contributed by atoms with Crippen molar-refractivity contribution in [2.75, 3.05) is 18.9 Å². The van der Waals surface area contributed by atoms with E-state index in [-0.39, 0.29) is 30.8 Å². The van der Waals surface area contributed by atoms with Crippen molar-refractivity contribution in [1.82, 2.24) is 20.2 Å². The van der Waals surface area contributed by atoms with E-state index < -0.39 is 66.1 Å². The number of hydrogen-bond donors (Lipinski definition) is 5. The number of nitrogen functional groups attached to an aromatic ring is 1. The van der Waals surface area contributed by atoms with Gasteiger partial charge in [0.2, 0.25) is 0 Å². The molecule has 1 fully saturated rings. The predicted molar refractivity (Wildman–Crippen MR) is 146 cm³/mol. The van der Waals surface area contributed by atoms with Crippen molar-refractivity contribution in [2.45, 2.75) is 110 Å². The number of aromatic nitrogens is 2. The van der Waals surface area contributed by atoms with E-state index in [1.807, 2.05) is 0 Å². The van der Waals surface area contributed by atoms with Gasteiger partial charge in [0, 0.05) is 24.7 Å². The van der Waals surface area contributed by atoms with Gasteiger partial charge >= 0.3 is 23.8 Å². The SMILES string of the molecule is CC(C)(C)OC(=O)NCCCCC(NC(=O)OC(C)(C)C)C(=O)OCc1cn([C@H]2CC(O)[C@@H](CO)O2)c(=O)nc1N. The van der Waals surface area contributed by atoms with Crippen molar-refractivity contribution in [1.29, 1.82) is 0 Å². The number of carbonyl (C=O) groups excluding carboxylic acids is 3. The third-order valence-corrected chi connectivity index (χ3v) is 5.69. The number of aliphatic hydroxyl groups is 2. The second-order valence-corrected chi connectivity index (χ2v) is 11.7. The molecule has 1 saturated heterocycles. The van der Waals surface area contributed by atoms with E-state index in [1.165, 1.54) is 6.20 Å². The molecular formula is C26H43N5O10. The van der Waals surface area contributed by atoms with Crippen LogP contribution in [-0.2, 0) is 30.3 Å². The van der Waals surface area contributed by atoms with Crippen LogP contribution in [0, 0.1) is 0 Å². The van der Waals surface area contributed by atoms with Crippen LogP contribution in [-0.4, -0.2) is 80.5 Å². The Bertz CT molecular complexity index is 1110. The van der Waals surface area contributed by atoms with Gasteiger partial charge in [-0.15, -0.1) is 0 Å². The molecule has 1 aliphatic heterocycles. The molecule has 4 atom stereocenters. The van der Waals surface area contributed by atoms with Crippen LogP contribution < -0.4 is 22.1 Å². The Labute approximate surface area is 238 Å². The largest absolute Gasteiger partial charge is 0.459 e. The summed E-state index contributed by atoms with van der Waals surface area (Å²) in [6.07, 6.45) is -1.64. The Morgan fingerprint density at radius 2 is 1.78 bits per heavy atom. The molecule has 0 radical (unpaired) electrons. The van der Waals surface area contributed by atoms with Gasteiger partial charge in [0.15, 0.2) is 0 Å². The number of rotatable bonds is 11. The average Bonchev–Trinajstić information content (AvgIpc) is 3.20. The normalized spacial score (nSPS) is 19.8. The molecule has 1 aromatic heterocycles. The molecule has 41 heavy (non-hydrogen) atoms. The first-order chi connectivity index (χ1) is 19.0. The standard InChI is InChI=1S/C26H43N5O10/c1-25(2,3)40-23(36)28-10-8-7-9-16(29-24(37)41-26(4,5)6)21(34)38-14-15-12-31(22(35)30-20(15)27)19-11-17(33)18(13-32)39-19/h12,16-19,32-33H,7-11,13-14H2,1-6H3,(H,28,36)(H,29,37)(H2,27,30,35)/t16?,17?,18-,19-/m1/s1. The van der Waals surface area contributed by atoms with E-state index in [0.29, 0.717) is 19.4 Å². The molecule has 0 spiro atoms. The first kappa shape index (κ1) is 33.8. The molecule has 0 saturated carbocycles. The molecule has 0 aliphatic carbocycles. The van der Waals surface area contributed by atoms with Gasteiger partial charge in [0.05, 0.1) is 12.7 Å². The van der Waals surface area contributed by atoms with Crippen LogP contribution in [0.15, 0.2) is 11.0 Å². The first-order valence-electron chi connectivity index (χ1n) is 13.4. The fourth-order valence-electron chi connectivity index (χ4n) is 3.82. The monoisotopic (exact) mass is 585 g/mol. The van der Waals surface area contributed by atoms with Crippen molar-refractivity contribution in [3.63, 3.8) is 0 Å². The summed E-state index contributed by atoms with van der Waals surface area (Å²) in [6, 6.07) is -1.08. The lowest BCUT2D eigenvalue weighted by Crippen LogP contribution is -2.44. The summed E-state index contributed by atoms with van der Waals surface area (Å²) in [4.78, 5) is 53.3. The second-order valence-electron chi connectivity index (χ2n) is 11.7. The van der Waals surface area contributed by atoms with Crippen LogP contribution in [0.3, 0.4) is 0 Å². The van der Waals surface area contributed by atoms with Crippen molar-refractivity contribution in [2.24, 2.45) is 0 Å². The summed E-state index contributed by atoms with van der Waals surface area (Å²) >= 11 is 0. The van der Waals surface area contributed by atoms with E-state index in [1.54, 1.807) is 41.5 Å². The first-order valence-corrected chi connectivity index (χ1v) is 13.4. The van der Waals surface area contributed by atoms with Crippen LogP contribution in [0.5, 0.6) is 0 Å². The molecule has 1 aromatic rings. The van der Waals surface area contributed by atoms with Gasteiger partial charge in [-0.25, -0.2) is 19.2 Å². The predicted octanol–water partition coefficient (Wildman–Crippen LogP) is 1.10. The summed E-state index contributed by atoms with van der Waals surface area (Å²) < 4.78 is 22.5. The number of nitrogens with one attached hydrogen (secondary N) is 2. The van der Waals surface area contributed by atoms with Gasteiger partial charge in [-0.2, -0.15) is 4.98 Å². The van der Waals surface area contributed by atoms with E-state index in [2.05, 4.69) is 15.6 Å². The number of carbonyl (C=O) groups is 3. The summed E-state index contributed by atoms with van der Waals surface area (Å²) in [6.45, 7) is 9.80. The summed E-state index contributed by atoms with van der Waals surface area (Å²) in [7, 11) is 0. The lowest BCUT2D eigenvalue weighted by molar-refractivity contribution is -0.147. The third kappa shape index (κ3) is 11.5. The van der Waals surface area contributed by atoms with E-state index in [9.17, 15) is 29.4 Å². The van der Waals surface area contributed by atoms with Crippen molar-refractivity contribution in [3.8, 4) is 0 Å². The Morgan fingerprint density at radius 1 is 1.15 bits per heavy atom. The van der Waals surface area contributed by atoms with Gasteiger partial charge in [0.25, 0.3) is 0 Å². The summed E-state index contributed by atoms with van der Waals surface area (Å²) in [5.41, 5.74) is 3.91. The Balaban J connectivity index is 2.04. The average molecular weight is 586 g/mol. The third-order valence-electron chi connectivity index (χ3n) is 5.69. The maximum Gasteiger partial charge on any atom is 0.408 e. The van der Waals surface area contributed by atoms with Crippen LogP contribution in [0.4, 0.5) is 15.4 Å². The van der Waals surface area contributed by atoms with E-state index in [4.69, 9.17) is 24.7 Å². The number of anilines is 1. The number of nitrogens with two attached hydrogens (primary N) is 1. The highest BCUT2D eigenvalue weighted by atomic mass is 16.6. The van der Waals surface area contributed by atoms with E-state index >= 15 is 0 Å². The van der Waals surface area contributed by atoms with Crippen LogP contribution in [0.25, 0.3) is 0 Å². The van der Waals surface area contributed by atoms with Gasteiger partial charge in [0.1, 0.15) is 42.0 Å². The maximum atomic E-state index is 13.0. The van der Waals surface area contributed by atoms with Crippen molar-refractivity contribution in [3.05, 3.63) is 22.2 Å². The molecule has 0 aromatic carbocycles. The molecule has 2 rings (SSSR count). The zero-order valence-electron chi connectivity index (χ0n) is 24.5. The number of ether oxygens (including phenoxy) is 4.